The topological polar surface area (TPSA) is 55.6 Å². The van der Waals surface area contributed by atoms with Crippen LogP contribution in [0.5, 0.6) is 0 Å². The maximum atomic E-state index is 12.3. The first-order chi connectivity index (χ1) is 8.63. The summed E-state index contributed by atoms with van der Waals surface area (Å²) in [7, 11) is 0. The van der Waals surface area contributed by atoms with Gasteiger partial charge in [0.1, 0.15) is 0 Å². The molecule has 1 amide bonds. The quantitative estimate of drug-likeness (QED) is 0.812. The molecule has 0 bridgehead atoms. The highest BCUT2D eigenvalue weighted by Gasteiger charge is 2.33. The van der Waals surface area contributed by atoms with Crippen LogP contribution in [0.3, 0.4) is 0 Å². The molecule has 2 fully saturated rings. The van der Waals surface area contributed by atoms with E-state index in [4.69, 9.17) is 10.5 Å². The number of carbonyl (C=O) groups excluding carboxylic acids is 1. The van der Waals surface area contributed by atoms with Crippen molar-refractivity contribution in [1.82, 2.24) is 4.90 Å². The maximum Gasteiger partial charge on any atom is 0.224 e. The molecule has 2 aliphatic rings. The maximum absolute atomic E-state index is 12.3. The number of hydrogen-bond acceptors (Lipinski definition) is 3. The Morgan fingerprint density at radius 1 is 1.39 bits per heavy atom. The van der Waals surface area contributed by atoms with E-state index in [2.05, 4.69) is 0 Å². The molecule has 0 aromatic heterocycles. The molecule has 0 radical (unpaired) electrons. The SMILES string of the molecule is CCN(CC1CCCO1)C(=O)CC1(N)CCCC1. The summed E-state index contributed by atoms with van der Waals surface area (Å²) in [6.07, 6.45) is 7.28. The molecule has 2 rings (SSSR count). The van der Waals surface area contributed by atoms with Crippen molar-refractivity contribution < 1.29 is 9.53 Å². The molecule has 4 heteroatoms. The van der Waals surface area contributed by atoms with Gasteiger partial charge in [-0.3, -0.25) is 4.79 Å². The lowest BCUT2D eigenvalue weighted by Crippen LogP contribution is -2.45. The molecule has 2 N–H and O–H groups in total. The van der Waals surface area contributed by atoms with Gasteiger partial charge in [0, 0.05) is 31.7 Å². The van der Waals surface area contributed by atoms with Gasteiger partial charge < -0.3 is 15.4 Å². The number of rotatable bonds is 5. The van der Waals surface area contributed by atoms with E-state index in [1.54, 1.807) is 0 Å². The fourth-order valence-corrected chi connectivity index (χ4v) is 3.11. The van der Waals surface area contributed by atoms with Gasteiger partial charge in [0.25, 0.3) is 0 Å². The third-order valence-corrected chi connectivity index (χ3v) is 4.29. The lowest BCUT2D eigenvalue weighted by atomic mass is 9.94. The first-order valence-electron chi connectivity index (χ1n) is 7.31. The number of ether oxygens (including phenoxy) is 1. The molecule has 4 nitrogen and oxygen atoms in total. The molecule has 0 aromatic rings. The first-order valence-corrected chi connectivity index (χ1v) is 7.31. The van der Waals surface area contributed by atoms with Crippen LogP contribution in [0.25, 0.3) is 0 Å². The largest absolute Gasteiger partial charge is 0.376 e. The number of hydrogen-bond donors (Lipinski definition) is 1. The van der Waals surface area contributed by atoms with E-state index >= 15 is 0 Å². The van der Waals surface area contributed by atoms with Crippen LogP contribution in [-0.2, 0) is 9.53 Å². The summed E-state index contributed by atoms with van der Waals surface area (Å²) in [5.41, 5.74) is 6.05. The van der Waals surface area contributed by atoms with Crippen molar-refractivity contribution in [2.75, 3.05) is 19.7 Å². The van der Waals surface area contributed by atoms with Crippen LogP contribution >= 0.6 is 0 Å². The average Bonchev–Trinajstić information content (AvgIpc) is 2.97. The zero-order valence-electron chi connectivity index (χ0n) is 11.5. The molecule has 1 saturated carbocycles. The van der Waals surface area contributed by atoms with E-state index in [1.165, 1.54) is 12.8 Å². The standard InChI is InChI=1S/C14H26N2O2/c1-2-16(11-12-6-5-9-18-12)13(17)10-14(15)7-3-4-8-14/h12H,2-11,15H2,1H3. The van der Waals surface area contributed by atoms with E-state index in [0.717, 1.165) is 45.4 Å². The summed E-state index contributed by atoms with van der Waals surface area (Å²) < 4.78 is 5.61. The van der Waals surface area contributed by atoms with Gasteiger partial charge in [-0.1, -0.05) is 12.8 Å². The molecule has 1 saturated heterocycles. The second-order valence-corrected chi connectivity index (χ2v) is 5.81. The van der Waals surface area contributed by atoms with Crippen molar-refractivity contribution in [3.63, 3.8) is 0 Å². The Bertz CT molecular complexity index is 282. The van der Waals surface area contributed by atoms with Gasteiger partial charge in [0.05, 0.1) is 6.10 Å². The summed E-state index contributed by atoms with van der Waals surface area (Å²) in [6, 6.07) is 0. The molecule has 1 aliphatic heterocycles. The predicted octanol–water partition coefficient (Wildman–Crippen LogP) is 1.68. The third-order valence-electron chi connectivity index (χ3n) is 4.29. The molecule has 0 aromatic carbocycles. The van der Waals surface area contributed by atoms with Crippen molar-refractivity contribution in [1.29, 1.82) is 0 Å². The minimum Gasteiger partial charge on any atom is -0.376 e. The number of nitrogens with zero attached hydrogens (tertiary/aromatic N) is 1. The van der Waals surface area contributed by atoms with E-state index in [-0.39, 0.29) is 17.6 Å². The summed E-state index contributed by atoms with van der Waals surface area (Å²) >= 11 is 0. The first kappa shape index (κ1) is 13.8. The Labute approximate surface area is 110 Å². The smallest absolute Gasteiger partial charge is 0.224 e. The van der Waals surface area contributed by atoms with Crippen LogP contribution in [0, 0.1) is 0 Å². The Kier molecular flexibility index (Phi) is 4.62. The highest BCUT2D eigenvalue weighted by atomic mass is 16.5. The van der Waals surface area contributed by atoms with Gasteiger partial charge in [-0.05, 0) is 32.6 Å². The molecular formula is C14H26N2O2. The van der Waals surface area contributed by atoms with Crippen LogP contribution in [-0.4, -0.2) is 42.1 Å². The molecule has 1 aliphatic carbocycles. The molecule has 1 heterocycles. The van der Waals surface area contributed by atoms with Gasteiger partial charge in [-0.25, -0.2) is 0 Å². The summed E-state index contributed by atoms with van der Waals surface area (Å²) in [4.78, 5) is 14.2. The summed E-state index contributed by atoms with van der Waals surface area (Å²) in [5, 5.41) is 0. The van der Waals surface area contributed by atoms with Crippen molar-refractivity contribution in [3.8, 4) is 0 Å². The van der Waals surface area contributed by atoms with Gasteiger partial charge in [0.15, 0.2) is 0 Å². The third kappa shape index (κ3) is 3.45. The fraction of sp³-hybridized carbons (Fsp3) is 0.929. The summed E-state index contributed by atoms with van der Waals surface area (Å²) in [5.74, 6) is 0.206. The number of carbonyl (C=O) groups is 1. The van der Waals surface area contributed by atoms with E-state index < -0.39 is 0 Å². The molecule has 18 heavy (non-hydrogen) atoms. The highest BCUT2D eigenvalue weighted by molar-refractivity contribution is 5.77. The fourth-order valence-electron chi connectivity index (χ4n) is 3.11. The van der Waals surface area contributed by atoms with Crippen LogP contribution in [0.15, 0.2) is 0 Å². The van der Waals surface area contributed by atoms with Crippen LogP contribution < -0.4 is 5.73 Å². The molecule has 1 unspecified atom stereocenters. The normalized spacial score (nSPS) is 26.4. The number of amides is 1. The Hall–Kier alpha value is -0.610. The van der Waals surface area contributed by atoms with Gasteiger partial charge in [-0.15, -0.1) is 0 Å². The molecular weight excluding hydrogens is 228 g/mol. The van der Waals surface area contributed by atoms with E-state index in [9.17, 15) is 4.79 Å². The lowest BCUT2D eigenvalue weighted by molar-refractivity contribution is -0.133. The lowest BCUT2D eigenvalue weighted by Gasteiger charge is -2.29. The second-order valence-electron chi connectivity index (χ2n) is 5.81. The predicted molar refractivity (Wildman–Crippen MR) is 71.2 cm³/mol. The second kappa shape index (κ2) is 6.02. The highest BCUT2D eigenvalue weighted by Crippen LogP contribution is 2.30. The van der Waals surface area contributed by atoms with Crippen molar-refractivity contribution in [3.05, 3.63) is 0 Å². The number of nitrogens with two attached hydrogens (primary N) is 1. The zero-order chi connectivity index (χ0) is 13.0. The van der Waals surface area contributed by atoms with E-state index in [0.29, 0.717) is 6.42 Å². The molecule has 104 valence electrons. The minimum absolute atomic E-state index is 0.206. The Balaban J connectivity index is 1.84. The van der Waals surface area contributed by atoms with Crippen molar-refractivity contribution in [2.45, 2.75) is 63.5 Å². The van der Waals surface area contributed by atoms with Gasteiger partial charge >= 0.3 is 0 Å². The Morgan fingerprint density at radius 3 is 2.67 bits per heavy atom. The van der Waals surface area contributed by atoms with E-state index in [1.807, 2.05) is 11.8 Å². The van der Waals surface area contributed by atoms with Crippen LogP contribution in [0.1, 0.15) is 51.9 Å². The van der Waals surface area contributed by atoms with Crippen molar-refractivity contribution >= 4 is 5.91 Å². The van der Waals surface area contributed by atoms with Crippen LogP contribution in [0.4, 0.5) is 0 Å². The molecule has 0 spiro atoms. The summed E-state index contributed by atoms with van der Waals surface area (Å²) in [6.45, 7) is 4.38. The number of likely N-dealkylation sites (N-methyl/N-ethyl adjacent to an activating group) is 1. The molecule has 1 atom stereocenters. The van der Waals surface area contributed by atoms with Crippen LogP contribution in [0.2, 0.25) is 0 Å². The van der Waals surface area contributed by atoms with Crippen molar-refractivity contribution in [2.24, 2.45) is 5.73 Å². The van der Waals surface area contributed by atoms with Gasteiger partial charge in [-0.2, -0.15) is 0 Å². The average molecular weight is 254 g/mol. The monoisotopic (exact) mass is 254 g/mol. The van der Waals surface area contributed by atoms with Gasteiger partial charge in [0.2, 0.25) is 5.91 Å². The minimum atomic E-state index is -0.235. The zero-order valence-corrected chi connectivity index (χ0v) is 11.5. The Morgan fingerprint density at radius 2 is 2.11 bits per heavy atom.